The van der Waals surface area contributed by atoms with Gasteiger partial charge in [0, 0.05) is 31.5 Å². The molecule has 146 valence electrons. The zero-order valence-corrected chi connectivity index (χ0v) is 17.0. The van der Waals surface area contributed by atoms with Gasteiger partial charge < -0.3 is 10.1 Å². The van der Waals surface area contributed by atoms with Gasteiger partial charge in [-0.2, -0.15) is 0 Å². The smallest absolute Gasteiger partial charge is 0.230 e. The fraction of sp³-hybridized carbons (Fsp3) is 0.273. The van der Waals surface area contributed by atoms with E-state index in [1.165, 1.54) is 17.3 Å². The Kier molecular flexibility index (Phi) is 7.28. The van der Waals surface area contributed by atoms with E-state index in [0.717, 1.165) is 28.5 Å². The Bertz CT molecular complexity index is 892. The van der Waals surface area contributed by atoms with E-state index in [9.17, 15) is 4.79 Å². The van der Waals surface area contributed by atoms with Crippen LogP contribution in [0.4, 0.5) is 0 Å². The summed E-state index contributed by atoms with van der Waals surface area (Å²) >= 11 is 1.44. The van der Waals surface area contributed by atoms with Crippen LogP contribution in [0, 0.1) is 6.92 Å². The number of amides is 1. The van der Waals surface area contributed by atoms with Crippen LogP contribution in [-0.2, 0) is 9.53 Å². The van der Waals surface area contributed by atoms with Crippen molar-refractivity contribution >= 4 is 17.7 Å². The van der Waals surface area contributed by atoms with Gasteiger partial charge >= 0.3 is 0 Å². The highest BCUT2D eigenvalue weighted by Crippen LogP contribution is 2.29. The first-order valence-electron chi connectivity index (χ1n) is 9.27. The molecule has 1 heterocycles. The molecule has 0 fully saturated rings. The summed E-state index contributed by atoms with van der Waals surface area (Å²) in [5.41, 5.74) is 4.33. The predicted molar refractivity (Wildman–Crippen MR) is 114 cm³/mol. The Balaban J connectivity index is 1.80. The molecular weight excluding hydrogens is 370 g/mol. The van der Waals surface area contributed by atoms with Crippen LogP contribution < -0.4 is 5.32 Å². The lowest BCUT2D eigenvalue weighted by Crippen LogP contribution is -2.26. The summed E-state index contributed by atoms with van der Waals surface area (Å²) in [7, 11) is 1.66. The number of nitrogens with one attached hydrogen (secondary N) is 1. The second kappa shape index (κ2) is 10.1. The van der Waals surface area contributed by atoms with Gasteiger partial charge in [0.05, 0.1) is 17.6 Å². The lowest BCUT2D eigenvalue weighted by molar-refractivity contribution is -0.118. The van der Waals surface area contributed by atoms with Crippen LogP contribution in [0.1, 0.15) is 12.0 Å². The van der Waals surface area contributed by atoms with Crippen LogP contribution in [0.25, 0.3) is 16.9 Å². The molecule has 0 unspecified atom stereocenters. The molecule has 0 aliphatic heterocycles. The molecule has 0 bridgehead atoms. The van der Waals surface area contributed by atoms with E-state index in [0.29, 0.717) is 18.9 Å². The van der Waals surface area contributed by atoms with Crippen molar-refractivity contribution in [3.8, 4) is 16.9 Å². The number of nitrogens with zero attached hydrogens (tertiary/aromatic N) is 2. The number of thioether (sulfide) groups is 1. The molecule has 3 aromatic rings. The quantitative estimate of drug-likeness (QED) is 0.438. The van der Waals surface area contributed by atoms with Crippen molar-refractivity contribution in [3.63, 3.8) is 0 Å². The van der Waals surface area contributed by atoms with E-state index in [4.69, 9.17) is 4.74 Å². The van der Waals surface area contributed by atoms with Crippen LogP contribution in [-0.4, -0.2) is 41.5 Å². The fourth-order valence-corrected chi connectivity index (χ4v) is 3.64. The summed E-state index contributed by atoms with van der Waals surface area (Å²) in [6.45, 7) is 3.33. The molecule has 0 spiro atoms. The third-order valence-electron chi connectivity index (χ3n) is 4.27. The third-order valence-corrected chi connectivity index (χ3v) is 5.22. The van der Waals surface area contributed by atoms with E-state index in [1.54, 1.807) is 7.11 Å². The summed E-state index contributed by atoms with van der Waals surface area (Å²) < 4.78 is 7.11. The number of carbonyl (C=O) groups is 1. The van der Waals surface area contributed by atoms with Gasteiger partial charge in [0.1, 0.15) is 0 Å². The van der Waals surface area contributed by atoms with E-state index >= 15 is 0 Å². The Morgan fingerprint density at radius 3 is 2.61 bits per heavy atom. The summed E-state index contributed by atoms with van der Waals surface area (Å²) in [5.74, 6) is 0.324. The standard InChI is InChI=1S/C22H25N3O2S/c1-17-9-11-19(12-10-17)25-20(18-7-4-3-5-8-18)15-24-22(25)28-16-21(26)23-13-6-14-27-2/h3-5,7-12,15H,6,13-14,16H2,1-2H3,(H,23,26). The van der Waals surface area contributed by atoms with Gasteiger partial charge in [-0.3, -0.25) is 9.36 Å². The van der Waals surface area contributed by atoms with Crippen LogP contribution in [0.15, 0.2) is 66.0 Å². The highest BCUT2D eigenvalue weighted by Gasteiger charge is 2.15. The molecular formula is C22H25N3O2S. The number of rotatable bonds is 9. The van der Waals surface area contributed by atoms with Crippen molar-refractivity contribution < 1.29 is 9.53 Å². The van der Waals surface area contributed by atoms with E-state index in [2.05, 4.69) is 58.2 Å². The lowest BCUT2D eigenvalue weighted by atomic mass is 10.1. The van der Waals surface area contributed by atoms with Crippen molar-refractivity contribution in [2.75, 3.05) is 26.0 Å². The molecule has 0 saturated carbocycles. The second-order valence-electron chi connectivity index (χ2n) is 6.45. The van der Waals surface area contributed by atoms with Gasteiger partial charge in [-0.1, -0.05) is 59.8 Å². The SMILES string of the molecule is COCCCNC(=O)CSc1ncc(-c2ccccc2)n1-c1ccc(C)cc1. The van der Waals surface area contributed by atoms with Crippen molar-refractivity contribution in [1.29, 1.82) is 0 Å². The number of carbonyl (C=O) groups excluding carboxylic acids is 1. The van der Waals surface area contributed by atoms with Crippen LogP contribution in [0.3, 0.4) is 0 Å². The van der Waals surface area contributed by atoms with Gasteiger partial charge in [-0.05, 0) is 25.5 Å². The number of hydrogen-bond acceptors (Lipinski definition) is 4. The molecule has 3 rings (SSSR count). The molecule has 28 heavy (non-hydrogen) atoms. The number of methoxy groups -OCH3 is 1. The number of hydrogen-bond donors (Lipinski definition) is 1. The first-order chi connectivity index (χ1) is 13.7. The average molecular weight is 396 g/mol. The molecule has 0 atom stereocenters. The monoisotopic (exact) mass is 395 g/mol. The fourth-order valence-electron chi connectivity index (χ4n) is 2.82. The molecule has 2 aromatic carbocycles. The van der Waals surface area contributed by atoms with Crippen molar-refractivity contribution in [1.82, 2.24) is 14.9 Å². The maximum absolute atomic E-state index is 12.1. The van der Waals surface area contributed by atoms with Gasteiger partial charge in [0.25, 0.3) is 0 Å². The predicted octanol–water partition coefficient (Wildman–Crippen LogP) is 4.09. The molecule has 1 amide bonds. The normalized spacial score (nSPS) is 10.8. The number of aromatic nitrogens is 2. The molecule has 6 heteroatoms. The van der Waals surface area contributed by atoms with Crippen molar-refractivity contribution in [2.45, 2.75) is 18.5 Å². The topological polar surface area (TPSA) is 56.1 Å². The Morgan fingerprint density at radius 2 is 1.89 bits per heavy atom. The lowest BCUT2D eigenvalue weighted by Gasteiger charge is -2.12. The third kappa shape index (κ3) is 5.24. The molecule has 0 aliphatic carbocycles. The van der Waals surface area contributed by atoms with Crippen LogP contribution in [0.5, 0.6) is 0 Å². The number of imidazole rings is 1. The average Bonchev–Trinajstić information content (AvgIpc) is 3.15. The molecule has 1 N–H and O–H groups in total. The van der Waals surface area contributed by atoms with Gasteiger partial charge in [0.2, 0.25) is 5.91 Å². The molecule has 0 saturated heterocycles. The van der Waals surface area contributed by atoms with E-state index < -0.39 is 0 Å². The Morgan fingerprint density at radius 1 is 1.14 bits per heavy atom. The molecule has 0 radical (unpaired) electrons. The van der Waals surface area contributed by atoms with Gasteiger partial charge in [0.15, 0.2) is 5.16 Å². The summed E-state index contributed by atoms with van der Waals surface area (Å²) in [4.78, 5) is 16.7. The molecule has 5 nitrogen and oxygen atoms in total. The van der Waals surface area contributed by atoms with Gasteiger partial charge in [-0.15, -0.1) is 0 Å². The summed E-state index contributed by atoms with van der Waals surface area (Å²) in [6.07, 6.45) is 2.68. The van der Waals surface area contributed by atoms with E-state index in [-0.39, 0.29) is 5.91 Å². The summed E-state index contributed by atoms with van der Waals surface area (Å²) in [6, 6.07) is 18.5. The highest BCUT2D eigenvalue weighted by molar-refractivity contribution is 7.99. The van der Waals surface area contributed by atoms with E-state index in [1.807, 2.05) is 24.4 Å². The number of ether oxygens (including phenoxy) is 1. The molecule has 0 aliphatic rings. The second-order valence-corrected chi connectivity index (χ2v) is 7.39. The van der Waals surface area contributed by atoms with Crippen molar-refractivity contribution in [3.05, 3.63) is 66.4 Å². The van der Waals surface area contributed by atoms with Gasteiger partial charge in [-0.25, -0.2) is 4.98 Å². The number of benzene rings is 2. The maximum atomic E-state index is 12.1. The summed E-state index contributed by atoms with van der Waals surface area (Å²) in [5, 5.41) is 3.72. The zero-order valence-electron chi connectivity index (χ0n) is 16.2. The molecule has 1 aromatic heterocycles. The van der Waals surface area contributed by atoms with Crippen LogP contribution >= 0.6 is 11.8 Å². The minimum absolute atomic E-state index is 0.000760. The van der Waals surface area contributed by atoms with Crippen LogP contribution in [0.2, 0.25) is 0 Å². The first-order valence-corrected chi connectivity index (χ1v) is 10.3. The maximum Gasteiger partial charge on any atom is 0.230 e. The minimum atomic E-state index is 0.000760. The zero-order chi connectivity index (χ0) is 19.8. The first kappa shape index (κ1) is 20.2. The highest BCUT2D eigenvalue weighted by atomic mass is 32.2. The van der Waals surface area contributed by atoms with Crippen molar-refractivity contribution in [2.24, 2.45) is 0 Å². The largest absolute Gasteiger partial charge is 0.385 e. The Labute approximate surface area is 170 Å². The Hall–Kier alpha value is -2.57. The minimum Gasteiger partial charge on any atom is -0.385 e. The number of aryl methyl sites for hydroxylation is 1.